The summed E-state index contributed by atoms with van der Waals surface area (Å²) in [6.45, 7) is 0. The minimum atomic E-state index is -0.513. The Labute approximate surface area is 103 Å². The first-order valence-corrected chi connectivity index (χ1v) is 5.18. The van der Waals surface area contributed by atoms with Gasteiger partial charge < -0.3 is 5.32 Å². The molecule has 1 N–H and O–H groups in total. The number of rotatable bonds is 2. The van der Waals surface area contributed by atoms with Crippen molar-refractivity contribution in [2.75, 3.05) is 12.4 Å². The van der Waals surface area contributed by atoms with E-state index >= 15 is 0 Å². The van der Waals surface area contributed by atoms with Gasteiger partial charge in [-0.1, -0.05) is 6.07 Å². The number of imide groups is 1. The molecule has 1 aliphatic rings. The van der Waals surface area contributed by atoms with Gasteiger partial charge in [0.1, 0.15) is 6.42 Å². The van der Waals surface area contributed by atoms with E-state index in [4.69, 9.17) is 5.26 Å². The van der Waals surface area contributed by atoms with Gasteiger partial charge in [-0.3, -0.25) is 19.3 Å². The monoisotopic (exact) mass is 243 g/mol. The molecule has 1 aliphatic heterocycles. The van der Waals surface area contributed by atoms with Crippen molar-refractivity contribution in [2.45, 2.75) is 6.42 Å². The number of anilines is 1. The summed E-state index contributed by atoms with van der Waals surface area (Å²) in [5.41, 5.74) is 0.698. The second-order valence-corrected chi connectivity index (χ2v) is 3.78. The minimum absolute atomic E-state index is 0.177. The summed E-state index contributed by atoms with van der Waals surface area (Å²) in [6.07, 6.45) is -0.304. The van der Waals surface area contributed by atoms with E-state index in [0.29, 0.717) is 0 Å². The highest BCUT2D eigenvalue weighted by Crippen LogP contribution is 2.28. The molecule has 1 heterocycles. The highest BCUT2D eigenvalue weighted by atomic mass is 16.2. The van der Waals surface area contributed by atoms with Crippen LogP contribution < -0.4 is 5.32 Å². The predicted octanol–water partition coefficient (Wildman–Crippen LogP) is 0.765. The van der Waals surface area contributed by atoms with Gasteiger partial charge in [-0.05, 0) is 12.1 Å². The second-order valence-electron chi connectivity index (χ2n) is 3.78. The van der Waals surface area contributed by atoms with Crippen molar-refractivity contribution in [1.82, 2.24) is 4.90 Å². The maximum absolute atomic E-state index is 11.9. The normalized spacial score (nSPS) is 13.2. The Morgan fingerprint density at radius 1 is 1.39 bits per heavy atom. The lowest BCUT2D eigenvalue weighted by Crippen LogP contribution is -2.24. The van der Waals surface area contributed by atoms with Crippen molar-refractivity contribution in [3.8, 4) is 6.07 Å². The van der Waals surface area contributed by atoms with Crippen LogP contribution in [0.5, 0.6) is 0 Å². The summed E-state index contributed by atoms with van der Waals surface area (Å²) in [5, 5.41) is 10.9. The van der Waals surface area contributed by atoms with Crippen molar-refractivity contribution >= 4 is 23.4 Å². The third-order valence-corrected chi connectivity index (χ3v) is 2.63. The van der Waals surface area contributed by atoms with Gasteiger partial charge in [0.05, 0.1) is 22.9 Å². The van der Waals surface area contributed by atoms with Gasteiger partial charge in [0, 0.05) is 7.05 Å². The first-order valence-electron chi connectivity index (χ1n) is 5.18. The van der Waals surface area contributed by atoms with E-state index in [1.54, 1.807) is 12.1 Å². The Morgan fingerprint density at radius 2 is 2.11 bits per heavy atom. The van der Waals surface area contributed by atoms with Crippen LogP contribution in [-0.2, 0) is 4.79 Å². The van der Waals surface area contributed by atoms with Crippen LogP contribution in [0.25, 0.3) is 0 Å². The fourth-order valence-corrected chi connectivity index (χ4v) is 1.77. The summed E-state index contributed by atoms with van der Waals surface area (Å²) >= 11 is 0. The molecule has 6 nitrogen and oxygen atoms in total. The zero-order chi connectivity index (χ0) is 13.3. The number of hydrogen-bond donors (Lipinski definition) is 1. The highest BCUT2D eigenvalue weighted by Gasteiger charge is 2.34. The molecule has 0 aromatic heterocycles. The molecular weight excluding hydrogens is 234 g/mol. The van der Waals surface area contributed by atoms with Crippen molar-refractivity contribution in [1.29, 1.82) is 5.26 Å². The Balaban J connectivity index is 2.42. The Morgan fingerprint density at radius 3 is 2.78 bits per heavy atom. The molecule has 1 aromatic carbocycles. The minimum Gasteiger partial charge on any atom is -0.324 e. The number of fused-ring (bicyclic) bond motifs is 1. The summed E-state index contributed by atoms with van der Waals surface area (Å²) in [7, 11) is 1.38. The average Bonchev–Trinajstić information content (AvgIpc) is 2.56. The highest BCUT2D eigenvalue weighted by molar-refractivity contribution is 6.24. The summed E-state index contributed by atoms with van der Waals surface area (Å²) in [5.74, 6) is -1.37. The maximum Gasteiger partial charge on any atom is 0.263 e. The van der Waals surface area contributed by atoms with E-state index in [1.807, 2.05) is 0 Å². The predicted molar refractivity (Wildman–Crippen MR) is 61.7 cm³/mol. The van der Waals surface area contributed by atoms with Crippen LogP contribution in [0.2, 0.25) is 0 Å². The SMILES string of the molecule is CN1C(=O)c2cccc(NC(=O)CC#N)c2C1=O. The van der Waals surface area contributed by atoms with Crippen molar-refractivity contribution < 1.29 is 14.4 Å². The number of carbonyl (C=O) groups is 3. The van der Waals surface area contributed by atoms with Crippen LogP contribution in [-0.4, -0.2) is 29.7 Å². The molecule has 0 saturated heterocycles. The third-order valence-electron chi connectivity index (χ3n) is 2.63. The molecule has 0 fully saturated rings. The molecule has 3 amide bonds. The molecule has 90 valence electrons. The third kappa shape index (κ3) is 1.72. The van der Waals surface area contributed by atoms with E-state index in [9.17, 15) is 14.4 Å². The van der Waals surface area contributed by atoms with E-state index in [1.165, 1.54) is 19.2 Å². The molecule has 0 atom stereocenters. The largest absolute Gasteiger partial charge is 0.324 e. The van der Waals surface area contributed by atoms with E-state index in [2.05, 4.69) is 5.32 Å². The second kappa shape index (κ2) is 4.30. The number of nitriles is 1. The Kier molecular flexibility index (Phi) is 2.81. The molecule has 0 aliphatic carbocycles. The fraction of sp³-hybridized carbons (Fsp3) is 0.167. The first kappa shape index (κ1) is 11.8. The molecule has 6 heteroatoms. The number of nitrogens with zero attached hydrogens (tertiary/aromatic N) is 2. The van der Waals surface area contributed by atoms with Gasteiger partial charge in [-0.15, -0.1) is 0 Å². The van der Waals surface area contributed by atoms with Crippen LogP contribution in [0.3, 0.4) is 0 Å². The maximum atomic E-state index is 11.9. The van der Waals surface area contributed by atoms with Crippen molar-refractivity contribution in [3.63, 3.8) is 0 Å². The van der Waals surface area contributed by atoms with Crippen molar-refractivity contribution in [3.05, 3.63) is 29.3 Å². The molecule has 1 aromatic rings. The number of carbonyl (C=O) groups excluding carboxylic acids is 3. The summed E-state index contributed by atoms with van der Waals surface area (Å²) in [4.78, 5) is 35.9. The molecule has 0 unspecified atom stereocenters. The molecule has 0 radical (unpaired) electrons. The smallest absolute Gasteiger partial charge is 0.263 e. The van der Waals surface area contributed by atoms with Crippen LogP contribution in [0, 0.1) is 11.3 Å². The molecule has 2 rings (SSSR count). The molecular formula is C12H9N3O3. The number of hydrogen-bond acceptors (Lipinski definition) is 4. The van der Waals surface area contributed by atoms with Crippen LogP contribution in [0.15, 0.2) is 18.2 Å². The molecule has 18 heavy (non-hydrogen) atoms. The van der Waals surface area contributed by atoms with E-state index in [-0.39, 0.29) is 23.2 Å². The number of nitrogens with one attached hydrogen (secondary N) is 1. The van der Waals surface area contributed by atoms with Gasteiger partial charge in [0.15, 0.2) is 0 Å². The average molecular weight is 243 g/mol. The fourth-order valence-electron chi connectivity index (χ4n) is 1.77. The van der Waals surface area contributed by atoms with Crippen molar-refractivity contribution in [2.24, 2.45) is 0 Å². The zero-order valence-corrected chi connectivity index (χ0v) is 9.56. The number of amides is 3. The topological polar surface area (TPSA) is 90.3 Å². The Bertz CT molecular complexity index is 601. The van der Waals surface area contributed by atoms with Gasteiger partial charge in [-0.2, -0.15) is 5.26 Å². The summed E-state index contributed by atoms with van der Waals surface area (Å²) < 4.78 is 0. The van der Waals surface area contributed by atoms with Crippen LogP contribution in [0.1, 0.15) is 27.1 Å². The van der Waals surface area contributed by atoms with E-state index < -0.39 is 17.7 Å². The quantitative estimate of drug-likeness (QED) is 0.776. The first-order chi connectivity index (χ1) is 8.56. The van der Waals surface area contributed by atoms with Gasteiger partial charge >= 0.3 is 0 Å². The van der Waals surface area contributed by atoms with Gasteiger partial charge in [-0.25, -0.2) is 0 Å². The standard InChI is InChI=1S/C12H9N3O3/c1-15-11(17)7-3-2-4-8(10(7)12(15)18)14-9(16)5-6-13/h2-4H,5H2,1H3,(H,14,16). The molecule has 0 saturated carbocycles. The molecule has 0 bridgehead atoms. The summed E-state index contributed by atoms with van der Waals surface area (Å²) in [6, 6.07) is 6.34. The lowest BCUT2D eigenvalue weighted by molar-refractivity contribution is -0.115. The zero-order valence-electron chi connectivity index (χ0n) is 9.56. The van der Waals surface area contributed by atoms with Gasteiger partial charge in [0.25, 0.3) is 11.8 Å². The molecule has 0 spiro atoms. The number of benzene rings is 1. The lowest BCUT2D eigenvalue weighted by atomic mass is 10.1. The Hall–Kier alpha value is -2.68. The van der Waals surface area contributed by atoms with Crippen LogP contribution >= 0.6 is 0 Å². The van der Waals surface area contributed by atoms with Crippen LogP contribution in [0.4, 0.5) is 5.69 Å². The van der Waals surface area contributed by atoms with E-state index in [0.717, 1.165) is 4.90 Å². The van der Waals surface area contributed by atoms with Gasteiger partial charge in [0.2, 0.25) is 5.91 Å². The lowest BCUT2D eigenvalue weighted by Gasteiger charge is -2.07.